The molecule has 4 aromatic rings. The predicted molar refractivity (Wildman–Crippen MR) is 144 cm³/mol. The Labute approximate surface area is 207 Å². The van der Waals surface area contributed by atoms with E-state index in [9.17, 15) is 4.79 Å². The summed E-state index contributed by atoms with van der Waals surface area (Å²) in [5.74, 6) is -0.103. The largest absolute Gasteiger partial charge is 0.367 e. The maximum atomic E-state index is 13.1. The van der Waals surface area contributed by atoms with E-state index in [4.69, 9.17) is 0 Å². The molecule has 1 aliphatic heterocycles. The number of anilines is 2. The molecule has 1 amide bonds. The van der Waals surface area contributed by atoms with E-state index in [-0.39, 0.29) is 5.91 Å². The van der Waals surface area contributed by atoms with Crippen molar-refractivity contribution < 1.29 is 4.79 Å². The number of hydrogen-bond donors (Lipinski definition) is 1. The third-order valence-corrected chi connectivity index (χ3v) is 6.69. The molecule has 0 unspecified atom stereocenters. The Balaban J connectivity index is 1.37. The molecule has 0 atom stereocenters. The molecule has 0 aliphatic carbocycles. The molecule has 1 N–H and O–H groups in total. The number of amides is 1. The van der Waals surface area contributed by atoms with Gasteiger partial charge in [0, 0.05) is 43.7 Å². The summed E-state index contributed by atoms with van der Waals surface area (Å²) >= 11 is 0. The van der Waals surface area contributed by atoms with Crippen molar-refractivity contribution in [2.75, 3.05) is 36.4 Å². The third kappa shape index (κ3) is 5.36. The number of carbonyl (C=O) groups excluding carboxylic acids is 1. The number of nitrogens with zero attached hydrogens (tertiary/aromatic N) is 3. The van der Waals surface area contributed by atoms with Gasteiger partial charge in [0.1, 0.15) is 0 Å². The lowest BCUT2D eigenvalue weighted by Gasteiger charge is -2.37. The standard InChI is InChI=1S/C30H32N4O/c1-2-8-23-13-15-25(16-14-23)30(35)32-28-21-31-27-12-7-6-11-26(27)29(28)34-19-17-33(18-20-34)22-24-9-4-3-5-10-24/h3-7,9-16,21H,2,8,17-20,22H2,1H3,(H,32,35). The molecule has 35 heavy (non-hydrogen) atoms. The van der Waals surface area contributed by atoms with Crippen LogP contribution in [-0.2, 0) is 13.0 Å². The molecule has 1 fully saturated rings. The lowest BCUT2D eigenvalue weighted by Crippen LogP contribution is -2.46. The highest BCUT2D eigenvalue weighted by atomic mass is 16.1. The second-order valence-electron chi connectivity index (χ2n) is 9.19. The summed E-state index contributed by atoms with van der Waals surface area (Å²) in [6, 6.07) is 26.7. The highest BCUT2D eigenvalue weighted by Gasteiger charge is 2.23. The number of aryl methyl sites for hydroxylation is 1. The molecule has 5 rings (SSSR count). The van der Waals surface area contributed by atoms with Gasteiger partial charge in [0.15, 0.2) is 0 Å². The fourth-order valence-electron chi connectivity index (χ4n) is 4.84. The van der Waals surface area contributed by atoms with Crippen molar-refractivity contribution >= 4 is 28.2 Å². The van der Waals surface area contributed by atoms with Crippen LogP contribution in [0, 0.1) is 0 Å². The number of rotatable bonds is 7. The topological polar surface area (TPSA) is 48.5 Å². The molecule has 5 heteroatoms. The minimum atomic E-state index is -0.103. The second-order valence-corrected chi connectivity index (χ2v) is 9.19. The van der Waals surface area contributed by atoms with E-state index >= 15 is 0 Å². The zero-order chi connectivity index (χ0) is 24.0. The number of nitrogens with one attached hydrogen (secondary N) is 1. The average molecular weight is 465 g/mol. The molecular formula is C30H32N4O. The molecule has 1 aromatic heterocycles. The molecule has 0 saturated carbocycles. The Morgan fingerprint density at radius 1 is 0.857 bits per heavy atom. The number of piperazine rings is 1. The summed E-state index contributed by atoms with van der Waals surface area (Å²) in [5.41, 5.74) is 6.03. The van der Waals surface area contributed by atoms with E-state index < -0.39 is 0 Å². The Hall–Kier alpha value is -3.70. The summed E-state index contributed by atoms with van der Waals surface area (Å²) < 4.78 is 0. The normalized spacial score (nSPS) is 14.3. The number of carbonyl (C=O) groups is 1. The number of pyridine rings is 1. The summed E-state index contributed by atoms with van der Waals surface area (Å²) in [7, 11) is 0. The lowest BCUT2D eigenvalue weighted by molar-refractivity contribution is 0.102. The third-order valence-electron chi connectivity index (χ3n) is 6.69. The lowest BCUT2D eigenvalue weighted by atomic mass is 10.1. The summed E-state index contributed by atoms with van der Waals surface area (Å²) in [5, 5.41) is 4.23. The highest BCUT2D eigenvalue weighted by molar-refractivity contribution is 6.09. The summed E-state index contributed by atoms with van der Waals surface area (Å²) in [6.07, 6.45) is 3.92. The molecule has 1 aliphatic rings. The van der Waals surface area contributed by atoms with E-state index in [2.05, 4.69) is 63.4 Å². The van der Waals surface area contributed by atoms with E-state index in [1.165, 1.54) is 11.1 Å². The molecule has 0 spiro atoms. The van der Waals surface area contributed by atoms with Crippen LogP contribution in [-0.4, -0.2) is 42.0 Å². The monoisotopic (exact) mass is 464 g/mol. The van der Waals surface area contributed by atoms with Crippen molar-refractivity contribution in [3.8, 4) is 0 Å². The van der Waals surface area contributed by atoms with Crippen LogP contribution in [0.3, 0.4) is 0 Å². The molecule has 1 saturated heterocycles. The summed E-state index contributed by atoms with van der Waals surface area (Å²) in [6.45, 7) is 6.86. The van der Waals surface area contributed by atoms with Gasteiger partial charge in [0.2, 0.25) is 0 Å². The molecule has 0 bridgehead atoms. The first-order valence-electron chi connectivity index (χ1n) is 12.5. The number of para-hydroxylation sites is 1. The van der Waals surface area contributed by atoms with Crippen LogP contribution in [0.15, 0.2) is 85.1 Å². The average Bonchev–Trinajstić information content (AvgIpc) is 2.90. The number of fused-ring (bicyclic) bond motifs is 1. The van der Waals surface area contributed by atoms with Crippen LogP contribution in [0.2, 0.25) is 0 Å². The van der Waals surface area contributed by atoms with Crippen molar-refractivity contribution in [1.29, 1.82) is 0 Å². The number of benzene rings is 3. The van der Waals surface area contributed by atoms with E-state index in [1.54, 1.807) is 6.20 Å². The molecule has 178 valence electrons. The zero-order valence-electron chi connectivity index (χ0n) is 20.3. The van der Waals surface area contributed by atoms with Crippen LogP contribution in [0.1, 0.15) is 34.8 Å². The van der Waals surface area contributed by atoms with Crippen molar-refractivity contribution in [3.63, 3.8) is 0 Å². The Bertz CT molecular complexity index is 1280. The van der Waals surface area contributed by atoms with Crippen LogP contribution < -0.4 is 10.2 Å². The quantitative estimate of drug-likeness (QED) is 0.378. The van der Waals surface area contributed by atoms with Crippen molar-refractivity contribution in [2.24, 2.45) is 0 Å². The van der Waals surface area contributed by atoms with Gasteiger partial charge < -0.3 is 10.2 Å². The van der Waals surface area contributed by atoms with Gasteiger partial charge in [-0.1, -0.05) is 74.0 Å². The Kier molecular flexibility index (Phi) is 7.05. The first-order valence-corrected chi connectivity index (χ1v) is 12.5. The van der Waals surface area contributed by atoms with Gasteiger partial charge in [-0.05, 0) is 35.7 Å². The molecular weight excluding hydrogens is 432 g/mol. The van der Waals surface area contributed by atoms with Crippen LogP contribution in [0.4, 0.5) is 11.4 Å². The van der Waals surface area contributed by atoms with Crippen LogP contribution in [0.5, 0.6) is 0 Å². The van der Waals surface area contributed by atoms with E-state index in [0.717, 1.165) is 67.8 Å². The maximum Gasteiger partial charge on any atom is 0.255 e. The Morgan fingerprint density at radius 3 is 2.31 bits per heavy atom. The van der Waals surface area contributed by atoms with E-state index in [1.807, 2.05) is 42.5 Å². The van der Waals surface area contributed by atoms with Crippen molar-refractivity contribution in [3.05, 3.63) is 102 Å². The second kappa shape index (κ2) is 10.7. The predicted octanol–water partition coefficient (Wildman–Crippen LogP) is 5.76. The van der Waals surface area contributed by atoms with Crippen molar-refractivity contribution in [2.45, 2.75) is 26.3 Å². The van der Waals surface area contributed by atoms with Gasteiger partial charge in [-0.15, -0.1) is 0 Å². The molecule has 2 heterocycles. The number of aromatic nitrogens is 1. The highest BCUT2D eigenvalue weighted by Crippen LogP contribution is 2.34. The van der Waals surface area contributed by atoms with Gasteiger partial charge in [-0.25, -0.2) is 0 Å². The zero-order valence-corrected chi connectivity index (χ0v) is 20.3. The van der Waals surface area contributed by atoms with Gasteiger partial charge in [0.05, 0.1) is 23.1 Å². The Morgan fingerprint density at radius 2 is 1.57 bits per heavy atom. The SMILES string of the molecule is CCCc1ccc(C(=O)Nc2cnc3ccccc3c2N2CCN(Cc3ccccc3)CC2)cc1. The maximum absolute atomic E-state index is 13.1. The summed E-state index contributed by atoms with van der Waals surface area (Å²) in [4.78, 5) is 22.7. The molecule has 5 nitrogen and oxygen atoms in total. The fourth-order valence-corrected chi connectivity index (χ4v) is 4.84. The first-order chi connectivity index (χ1) is 17.2. The number of hydrogen-bond acceptors (Lipinski definition) is 4. The fraction of sp³-hybridized carbons (Fsp3) is 0.267. The van der Waals surface area contributed by atoms with Gasteiger partial charge in [-0.2, -0.15) is 0 Å². The van der Waals surface area contributed by atoms with Gasteiger partial charge in [0.25, 0.3) is 5.91 Å². The van der Waals surface area contributed by atoms with Gasteiger partial charge in [-0.3, -0.25) is 14.7 Å². The van der Waals surface area contributed by atoms with Crippen LogP contribution >= 0.6 is 0 Å². The smallest absolute Gasteiger partial charge is 0.255 e. The first kappa shape index (κ1) is 23.1. The van der Waals surface area contributed by atoms with Crippen molar-refractivity contribution in [1.82, 2.24) is 9.88 Å². The molecule has 3 aromatic carbocycles. The molecule has 0 radical (unpaired) electrons. The minimum Gasteiger partial charge on any atom is -0.367 e. The minimum absolute atomic E-state index is 0.103. The van der Waals surface area contributed by atoms with Crippen LogP contribution in [0.25, 0.3) is 10.9 Å². The van der Waals surface area contributed by atoms with Gasteiger partial charge >= 0.3 is 0 Å². The van der Waals surface area contributed by atoms with E-state index in [0.29, 0.717) is 5.56 Å².